The van der Waals surface area contributed by atoms with Gasteiger partial charge >= 0.3 is 0 Å². The fourth-order valence-electron chi connectivity index (χ4n) is 3.36. The number of nitrogens with zero attached hydrogens (tertiary/aromatic N) is 2. The van der Waals surface area contributed by atoms with Gasteiger partial charge in [-0.3, -0.25) is 4.79 Å². The van der Waals surface area contributed by atoms with E-state index in [1.54, 1.807) is 25.3 Å². The van der Waals surface area contributed by atoms with Crippen LogP contribution in [0.15, 0.2) is 41.2 Å². The van der Waals surface area contributed by atoms with E-state index in [9.17, 15) is 15.3 Å². The molecular weight excluding hydrogens is 380 g/mol. The van der Waals surface area contributed by atoms with E-state index < -0.39 is 5.56 Å². The Labute approximate surface area is 173 Å². The molecule has 1 heterocycles. The normalized spacial score (nSPS) is 10.2. The van der Waals surface area contributed by atoms with Gasteiger partial charge in [-0.05, 0) is 54.8 Å². The quantitative estimate of drug-likeness (QED) is 0.674. The zero-order valence-corrected chi connectivity index (χ0v) is 16.9. The summed E-state index contributed by atoms with van der Waals surface area (Å²) in [5.41, 5.74) is 8.59. The Morgan fingerprint density at radius 2 is 1.70 bits per heavy atom. The second-order valence-corrected chi connectivity index (χ2v) is 6.86. The lowest BCUT2D eigenvalue weighted by molar-refractivity contribution is 0.296. The van der Waals surface area contributed by atoms with E-state index in [1.165, 1.54) is 0 Å². The third-order valence-electron chi connectivity index (χ3n) is 4.63. The Morgan fingerprint density at radius 1 is 1.03 bits per heavy atom. The van der Waals surface area contributed by atoms with E-state index in [2.05, 4.69) is 11.1 Å². The SMILES string of the molecule is COc1ccc(-c2c(C#N)c(N)[nH]c(=O)c2C#N)cc1COc1cc(C)cc(C)c1. The maximum absolute atomic E-state index is 12.2. The molecule has 1 aromatic heterocycles. The van der Waals surface area contributed by atoms with E-state index in [0.717, 1.165) is 16.9 Å². The van der Waals surface area contributed by atoms with E-state index in [0.29, 0.717) is 16.9 Å². The molecule has 0 saturated carbocycles. The average Bonchev–Trinajstić information content (AvgIpc) is 2.71. The third-order valence-corrected chi connectivity index (χ3v) is 4.63. The minimum absolute atomic E-state index is 0.0393. The number of aryl methyl sites for hydroxylation is 2. The monoisotopic (exact) mass is 400 g/mol. The van der Waals surface area contributed by atoms with Crippen LogP contribution in [0.5, 0.6) is 11.5 Å². The van der Waals surface area contributed by atoms with Gasteiger partial charge in [-0.1, -0.05) is 12.1 Å². The molecule has 3 rings (SSSR count). The fraction of sp³-hybridized carbons (Fsp3) is 0.174. The van der Waals surface area contributed by atoms with Gasteiger partial charge in [0.15, 0.2) is 0 Å². The molecule has 30 heavy (non-hydrogen) atoms. The lowest BCUT2D eigenvalue weighted by Gasteiger charge is -2.14. The van der Waals surface area contributed by atoms with Gasteiger partial charge in [0.05, 0.1) is 7.11 Å². The molecule has 0 aliphatic carbocycles. The van der Waals surface area contributed by atoms with Gasteiger partial charge < -0.3 is 20.2 Å². The van der Waals surface area contributed by atoms with Crippen molar-refractivity contribution in [2.45, 2.75) is 20.5 Å². The number of rotatable bonds is 5. The van der Waals surface area contributed by atoms with Crippen molar-refractivity contribution in [3.63, 3.8) is 0 Å². The Bertz CT molecular complexity index is 1240. The maximum atomic E-state index is 12.2. The minimum Gasteiger partial charge on any atom is -0.496 e. The predicted molar refractivity (Wildman–Crippen MR) is 113 cm³/mol. The van der Waals surface area contributed by atoms with Crippen LogP contribution in [0, 0.1) is 36.5 Å². The average molecular weight is 400 g/mol. The van der Waals surface area contributed by atoms with Crippen molar-refractivity contribution in [2.75, 3.05) is 12.8 Å². The van der Waals surface area contributed by atoms with E-state index in [1.807, 2.05) is 38.1 Å². The van der Waals surface area contributed by atoms with Crippen molar-refractivity contribution in [3.05, 3.63) is 74.6 Å². The number of pyridine rings is 1. The van der Waals surface area contributed by atoms with Crippen LogP contribution in [0.2, 0.25) is 0 Å². The molecule has 0 radical (unpaired) electrons. The Balaban J connectivity index is 2.09. The molecule has 2 aromatic carbocycles. The number of benzene rings is 2. The Morgan fingerprint density at radius 3 is 2.30 bits per heavy atom. The molecule has 0 atom stereocenters. The molecular formula is C23H20N4O3. The summed E-state index contributed by atoms with van der Waals surface area (Å²) in [7, 11) is 1.54. The number of nitriles is 2. The number of nitrogens with one attached hydrogen (secondary N) is 1. The topological polar surface area (TPSA) is 125 Å². The molecule has 0 bridgehead atoms. The first-order valence-electron chi connectivity index (χ1n) is 9.12. The predicted octanol–water partition coefficient (Wildman–Crippen LogP) is 3.57. The molecule has 0 aliphatic heterocycles. The first kappa shape index (κ1) is 20.5. The molecule has 0 spiro atoms. The Kier molecular flexibility index (Phi) is 5.75. The maximum Gasteiger partial charge on any atom is 0.268 e. The second-order valence-electron chi connectivity index (χ2n) is 6.86. The van der Waals surface area contributed by atoms with Crippen molar-refractivity contribution in [1.82, 2.24) is 4.98 Å². The van der Waals surface area contributed by atoms with Crippen LogP contribution in [0.4, 0.5) is 5.82 Å². The fourth-order valence-corrected chi connectivity index (χ4v) is 3.36. The third kappa shape index (κ3) is 3.96. The highest BCUT2D eigenvalue weighted by Gasteiger charge is 2.19. The highest BCUT2D eigenvalue weighted by atomic mass is 16.5. The van der Waals surface area contributed by atoms with E-state index in [4.69, 9.17) is 15.2 Å². The van der Waals surface area contributed by atoms with E-state index >= 15 is 0 Å². The molecule has 0 amide bonds. The number of hydrogen-bond acceptors (Lipinski definition) is 6. The summed E-state index contributed by atoms with van der Waals surface area (Å²) < 4.78 is 11.4. The molecule has 0 saturated heterocycles. The number of nitrogen functional groups attached to an aromatic ring is 1. The van der Waals surface area contributed by atoms with Gasteiger partial charge in [-0.15, -0.1) is 0 Å². The van der Waals surface area contributed by atoms with Gasteiger partial charge in [0.25, 0.3) is 5.56 Å². The summed E-state index contributed by atoms with van der Waals surface area (Å²) in [6.07, 6.45) is 0. The number of hydrogen-bond donors (Lipinski definition) is 2. The van der Waals surface area contributed by atoms with Crippen molar-refractivity contribution < 1.29 is 9.47 Å². The zero-order chi connectivity index (χ0) is 21.8. The summed E-state index contributed by atoms with van der Waals surface area (Å²) in [6, 6.07) is 14.9. The zero-order valence-electron chi connectivity index (χ0n) is 16.9. The van der Waals surface area contributed by atoms with Crippen LogP contribution in [-0.4, -0.2) is 12.1 Å². The van der Waals surface area contributed by atoms with Crippen LogP contribution in [-0.2, 0) is 6.61 Å². The van der Waals surface area contributed by atoms with Gasteiger partial charge in [0.1, 0.15) is 47.2 Å². The van der Waals surface area contributed by atoms with Crippen LogP contribution >= 0.6 is 0 Å². The van der Waals surface area contributed by atoms with Crippen molar-refractivity contribution in [2.24, 2.45) is 0 Å². The Hall–Kier alpha value is -4.23. The van der Waals surface area contributed by atoms with E-state index in [-0.39, 0.29) is 29.1 Å². The molecule has 3 N–H and O–H groups in total. The van der Waals surface area contributed by atoms with Crippen LogP contribution in [0.1, 0.15) is 27.8 Å². The molecule has 7 heteroatoms. The van der Waals surface area contributed by atoms with Crippen LogP contribution in [0.3, 0.4) is 0 Å². The number of H-pyrrole nitrogens is 1. The largest absolute Gasteiger partial charge is 0.496 e. The summed E-state index contributed by atoms with van der Waals surface area (Å²) in [4.78, 5) is 14.5. The summed E-state index contributed by atoms with van der Waals surface area (Å²) in [6.45, 7) is 4.18. The van der Waals surface area contributed by atoms with Gasteiger partial charge in [-0.25, -0.2) is 0 Å². The summed E-state index contributed by atoms with van der Waals surface area (Å²) in [5.74, 6) is 1.22. The molecule has 7 nitrogen and oxygen atoms in total. The molecule has 3 aromatic rings. The van der Waals surface area contributed by atoms with Crippen molar-refractivity contribution >= 4 is 5.82 Å². The molecule has 0 aliphatic rings. The van der Waals surface area contributed by atoms with Gasteiger partial charge in [-0.2, -0.15) is 10.5 Å². The van der Waals surface area contributed by atoms with Crippen molar-refractivity contribution in [1.29, 1.82) is 10.5 Å². The molecule has 0 fully saturated rings. The number of aromatic nitrogens is 1. The molecule has 0 unspecified atom stereocenters. The van der Waals surface area contributed by atoms with Gasteiger partial charge in [0, 0.05) is 11.1 Å². The summed E-state index contributed by atoms with van der Waals surface area (Å²) >= 11 is 0. The van der Waals surface area contributed by atoms with Gasteiger partial charge in [0.2, 0.25) is 0 Å². The highest BCUT2D eigenvalue weighted by Crippen LogP contribution is 2.32. The van der Waals surface area contributed by atoms with Crippen LogP contribution in [0.25, 0.3) is 11.1 Å². The number of aromatic amines is 1. The lowest BCUT2D eigenvalue weighted by atomic mass is 9.95. The number of methoxy groups -OCH3 is 1. The smallest absolute Gasteiger partial charge is 0.268 e. The molecule has 150 valence electrons. The number of anilines is 1. The first-order chi connectivity index (χ1) is 14.4. The highest BCUT2D eigenvalue weighted by molar-refractivity contribution is 5.80. The second kappa shape index (κ2) is 8.42. The minimum atomic E-state index is -0.646. The summed E-state index contributed by atoms with van der Waals surface area (Å²) in [5, 5.41) is 19.0. The lowest BCUT2D eigenvalue weighted by Crippen LogP contribution is -2.16. The van der Waals surface area contributed by atoms with Crippen molar-refractivity contribution in [3.8, 4) is 34.8 Å². The standard InChI is InChI=1S/C23H20N4O3/c1-13-6-14(2)8-17(7-13)30-12-16-9-15(4-5-20(16)29-3)21-18(10-24)22(26)27-23(28)19(21)11-25/h4-9H,12H2,1-3H3,(H3,26,27,28). The first-order valence-corrected chi connectivity index (χ1v) is 9.12. The number of ether oxygens (including phenoxy) is 2. The number of nitrogens with two attached hydrogens (primary N) is 1. The van der Waals surface area contributed by atoms with Crippen LogP contribution < -0.4 is 20.8 Å².